The van der Waals surface area contributed by atoms with E-state index in [0.717, 1.165) is 33.1 Å². The van der Waals surface area contributed by atoms with Crippen LogP contribution >= 0.6 is 11.3 Å². The molecule has 3 rings (SSSR count). The number of aliphatic hydroxyl groups excluding tert-OH is 1. The van der Waals surface area contributed by atoms with E-state index in [4.69, 9.17) is 0 Å². The molecule has 0 radical (unpaired) electrons. The normalized spacial score (nSPS) is 10.1. The number of aromatic amines is 1. The van der Waals surface area contributed by atoms with Crippen LogP contribution in [-0.2, 0) is 6.61 Å². The lowest BCUT2D eigenvalue weighted by Gasteiger charge is -2.02. The highest BCUT2D eigenvalue weighted by Gasteiger charge is 2.09. The second-order valence-corrected chi connectivity index (χ2v) is 5.87. The van der Waals surface area contributed by atoms with Gasteiger partial charge >= 0.3 is 0 Å². The number of hydrogen-bond donors (Lipinski definition) is 1. The van der Waals surface area contributed by atoms with Crippen molar-refractivity contribution >= 4 is 11.3 Å². The number of H-pyrrole nitrogens is 1. The summed E-state index contributed by atoms with van der Waals surface area (Å²) in [7, 11) is 0. The molecule has 0 atom stereocenters. The van der Waals surface area contributed by atoms with E-state index < -0.39 is 0 Å². The van der Waals surface area contributed by atoms with E-state index in [1.54, 1.807) is 11.3 Å². The Balaban J connectivity index is 1.86. The van der Waals surface area contributed by atoms with Crippen molar-refractivity contribution in [1.82, 2.24) is 4.98 Å². The first-order valence-corrected chi connectivity index (χ1v) is 7.79. The number of aliphatic hydroxyl groups is 1. The highest BCUT2D eigenvalue weighted by Crippen LogP contribution is 2.19. The third-order valence-corrected chi connectivity index (χ3v) is 4.02. The summed E-state index contributed by atoms with van der Waals surface area (Å²) in [6, 6.07) is 11.7. The molecule has 3 nitrogen and oxygen atoms in total. The first-order chi connectivity index (χ1) is 10.8. The number of nitrogens with one attached hydrogen (secondary N) is 1. The van der Waals surface area contributed by atoms with Crippen molar-refractivity contribution in [3.05, 3.63) is 69.8 Å². The average molecular weight is 307 g/mol. The van der Waals surface area contributed by atoms with E-state index in [9.17, 15) is 5.11 Å². The predicted molar refractivity (Wildman–Crippen MR) is 87.2 cm³/mol. The molecule has 0 saturated heterocycles. The van der Waals surface area contributed by atoms with Gasteiger partial charge in [-0.15, -0.1) is 11.3 Å². The molecular formula is C18H15N2OS+. The Morgan fingerprint density at radius 1 is 1.18 bits per heavy atom. The molecule has 1 aromatic carbocycles. The molecule has 0 aliphatic heterocycles. The minimum atomic E-state index is 0.0226. The topological polar surface area (TPSA) is 47.3 Å². The van der Waals surface area contributed by atoms with Crippen LogP contribution in [-0.4, -0.2) is 10.1 Å². The molecule has 2 heterocycles. The lowest BCUT2D eigenvalue weighted by Crippen LogP contribution is -2.08. The highest BCUT2D eigenvalue weighted by atomic mass is 32.1. The Labute approximate surface area is 133 Å². The molecule has 0 saturated carbocycles. The van der Waals surface area contributed by atoms with Crippen LogP contribution in [0.15, 0.2) is 48.0 Å². The van der Waals surface area contributed by atoms with E-state index >= 15 is 0 Å². The molecule has 2 N–H and O–H groups in total. The predicted octanol–water partition coefficient (Wildman–Crippen LogP) is 2.82. The molecule has 4 heteroatoms. The van der Waals surface area contributed by atoms with E-state index in [0.29, 0.717) is 0 Å². The standard InChI is InChI=1S/C18H14N2OS/c1-13-20-16(12-22-13)8-6-14-7-9-18(19-10-14)17-5-3-2-4-15(17)11-21/h2-5,7,9-10,12,21H,11H2,1H3/p+1. The number of aryl methyl sites for hydroxylation is 1. The largest absolute Gasteiger partial charge is 0.392 e. The molecule has 3 aromatic rings. The van der Waals surface area contributed by atoms with Gasteiger partial charge < -0.3 is 5.11 Å². The third kappa shape index (κ3) is 3.22. The third-order valence-electron chi connectivity index (χ3n) is 3.24. The number of pyridine rings is 1. The van der Waals surface area contributed by atoms with Gasteiger partial charge in [0.05, 0.1) is 22.7 Å². The number of benzene rings is 1. The van der Waals surface area contributed by atoms with Gasteiger partial charge in [-0.2, -0.15) is 0 Å². The van der Waals surface area contributed by atoms with E-state index in [2.05, 4.69) is 21.8 Å². The van der Waals surface area contributed by atoms with Gasteiger partial charge in [-0.25, -0.2) is 9.97 Å². The van der Waals surface area contributed by atoms with Gasteiger partial charge in [0.2, 0.25) is 5.69 Å². The van der Waals surface area contributed by atoms with E-state index in [-0.39, 0.29) is 6.61 Å². The van der Waals surface area contributed by atoms with Crippen molar-refractivity contribution in [3.63, 3.8) is 0 Å². The summed E-state index contributed by atoms with van der Waals surface area (Å²) in [5, 5.41) is 12.4. The molecule has 108 valence electrons. The number of hydrogen-bond acceptors (Lipinski definition) is 3. The summed E-state index contributed by atoms with van der Waals surface area (Å²) in [6.45, 7) is 1.99. The fraction of sp³-hybridized carbons (Fsp3) is 0.111. The average Bonchev–Trinajstić information content (AvgIpc) is 2.99. The van der Waals surface area contributed by atoms with Crippen molar-refractivity contribution in [1.29, 1.82) is 0 Å². The Morgan fingerprint density at radius 2 is 2.05 bits per heavy atom. The number of thiazole rings is 1. The minimum absolute atomic E-state index is 0.0226. The molecule has 0 bridgehead atoms. The van der Waals surface area contributed by atoms with Crippen LogP contribution in [0.5, 0.6) is 0 Å². The van der Waals surface area contributed by atoms with Crippen LogP contribution in [0.2, 0.25) is 0 Å². The van der Waals surface area contributed by atoms with Gasteiger partial charge in [-0.3, -0.25) is 0 Å². The summed E-state index contributed by atoms with van der Waals surface area (Å²) in [6.07, 6.45) is 1.87. The second kappa shape index (κ2) is 6.52. The summed E-state index contributed by atoms with van der Waals surface area (Å²) in [5.41, 5.74) is 4.56. The van der Waals surface area contributed by atoms with Gasteiger partial charge in [0, 0.05) is 11.4 Å². The Hall–Kier alpha value is -2.48. The lowest BCUT2D eigenvalue weighted by atomic mass is 10.0. The van der Waals surface area contributed by atoms with Gasteiger partial charge in [-0.1, -0.05) is 24.1 Å². The SMILES string of the molecule is Cc1nc(C#Cc2ccc(-c3ccccc3CO)[nH+]c2)cs1. The Bertz CT molecular complexity index is 841. The van der Waals surface area contributed by atoms with Gasteiger partial charge in [0.1, 0.15) is 5.69 Å². The van der Waals surface area contributed by atoms with E-state index in [1.165, 1.54) is 0 Å². The quantitative estimate of drug-likeness (QED) is 0.740. The fourth-order valence-corrected chi connectivity index (χ4v) is 2.69. The number of aromatic nitrogens is 2. The Morgan fingerprint density at radius 3 is 2.73 bits per heavy atom. The van der Waals surface area contributed by atoms with Gasteiger partial charge in [-0.05, 0) is 30.5 Å². The fourth-order valence-electron chi connectivity index (χ4n) is 2.15. The summed E-state index contributed by atoms with van der Waals surface area (Å²) >= 11 is 1.60. The van der Waals surface area contributed by atoms with Crippen LogP contribution in [0, 0.1) is 18.8 Å². The molecule has 0 fully saturated rings. The first-order valence-electron chi connectivity index (χ1n) is 6.91. The molecule has 0 unspecified atom stereocenters. The van der Waals surface area contributed by atoms with Crippen molar-refractivity contribution in [2.45, 2.75) is 13.5 Å². The van der Waals surface area contributed by atoms with Crippen LogP contribution in [0.4, 0.5) is 0 Å². The molecule has 22 heavy (non-hydrogen) atoms. The Kier molecular flexibility index (Phi) is 4.29. The molecule has 0 aliphatic rings. The van der Waals surface area contributed by atoms with Crippen LogP contribution in [0.1, 0.15) is 21.8 Å². The van der Waals surface area contributed by atoms with Crippen LogP contribution in [0.25, 0.3) is 11.3 Å². The zero-order valence-corrected chi connectivity index (χ0v) is 12.9. The molecule has 0 amide bonds. The summed E-state index contributed by atoms with van der Waals surface area (Å²) in [5.74, 6) is 6.15. The minimum Gasteiger partial charge on any atom is -0.392 e. The number of nitrogens with zero attached hydrogens (tertiary/aromatic N) is 1. The molecule has 0 aliphatic carbocycles. The van der Waals surface area contributed by atoms with Crippen molar-refractivity contribution < 1.29 is 10.1 Å². The molecular weight excluding hydrogens is 292 g/mol. The van der Waals surface area contributed by atoms with Crippen molar-refractivity contribution in [3.8, 4) is 23.1 Å². The molecule has 0 spiro atoms. The lowest BCUT2D eigenvalue weighted by molar-refractivity contribution is -0.364. The van der Waals surface area contributed by atoms with Crippen molar-refractivity contribution in [2.75, 3.05) is 0 Å². The van der Waals surface area contributed by atoms with Crippen molar-refractivity contribution in [2.24, 2.45) is 0 Å². The van der Waals surface area contributed by atoms with Gasteiger partial charge in [0.15, 0.2) is 6.20 Å². The van der Waals surface area contributed by atoms with Crippen LogP contribution in [0.3, 0.4) is 0 Å². The zero-order chi connectivity index (χ0) is 15.4. The molecule has 2 aromatic heterocycles. The number of rotatable bonds is 2. The summed E-state index contributed by atoms with van der Waals surface area (Å²) < 4.78 is 0. The van der Waals surface area contributed by atoms with Crippen LogP contribution < -0.4 is 4.98 Å². The smallest absolute Gasteiger partial charge is 0.211 e. The first kappa shape index (κ1) is 14.5. The summed E-state index contributed by atoms with van der Waals surface area (Å²) in [4.78, 5) is 7.56. The maximum Gasteiger partial charge on any atom is 0.211 e. The zero-order valence-electron chi connectivity index (χ0n) is 12.1. The van der Waals surface area contributed by atoms with E-state index in [1.807, 2.05) is 54.9 Å². The maximum absolute atomic E-state index is 9.40. The highest BCUT2D eigenvalue weighted by molar-refractivity contribution is 7.09. The second-order valence-electron chi connectivity index (χ2n) is 4.81. The maximum atomic E-state index is 9.40. The monoisotopic (exact) mass is 307 g/mol. The van der Waals surface area contributed by atoms with Gasteiger partial charge in [0.25, 0.3) is 0 Å².